The van der Waals surface area contributed by atoms with Crippen LogP contribution in [0, 0.1) is 6.08 Å². The molecule has 0 spiro atoms. The number of aliphatic hydroxyl groups excluding tert-OH is 1. The van der Waals surface area contributed by atoms with E-state index in [0.29, 0.717) is 0 Å². The third-order valence-corrected chi connectivity index (χ3v) is 0.938. The zero-order chi connectivity index (χ0) is 6.24. The fourth-order valence-corrected chi connectivity index (χ4v) is 0.473. The molecule has 0 bridgehead atoms. The first-order valence-corrected chi connectivity index (χ1v) is 3.07. The minimum absolute atomic E-state index is 0.0592. The van der Waals surface area contributed by atoms with Crippen molar-refractivity contribution < 1.29 is 5.11 Å². The van der Waals surface area contributed by atoms with E-state index < -0.39 is 0 Å². The lowest BCUT2D eigenvalue weighted by molar-refractivity contribution is 0.336. The van der Waals surface area contributed by atoms with Crippen LogP contribution in [0.2, 0.25) is 0 Å². The highest BCUT2D eigenvalue weighted by Gasteiger charge is 1.75. The number of hydrogen-bond acceptors (Lipinski definition) is 1. The lowest BCUT2D eigenvalue weighted by atomic mass is 10.2. The van der Waals surface area contributed by atoms with E-state index in [1.54, 1.807) is 0 Å². The SMILES string of the molecule is CCCC/C=[C]\CO. The van der Waals surface area contributed by atoms with Gasteiger partial charge < -0.3 is 5.11 Å². The molecule has 0 aromatic carbocycles. The lowest BCUT2D eigenvalue weighted by Crippen LogP contribution is -1.72. The fraction of sp³-hybridized carbons (Fsp3) is 0.714. The molecule has 0 rings (SSSR count). The standard InChI is InChI=1S/C7H13O/c1-2-3-4-5-6-7-8/h5,8H,2-4,7H2,1H3. The van der Waals surface area contributed by atoms with Gasteiger partial charge in [-0.25, -0.2) is 0 Å². The van der Waals surface area contributed by atoms with Crippen molar-refractivity contribution in [2.24, 2.45) is 0 Å². The van der Waals surface area contributed by atoms with Gasteiger partial charge in [0.15, 0.2) is 0 Å². The minimum atomic E-state index is 0.0592. The Morgan fingerprint density at radius 3 is 2.88 bits per heavy atom. The van der Waals surface area contributed by atoms with Crippen molar-refractivity contribution in [3.8, 4) is 0 Å². The smallest absolute Gasteiger partial charge is 0.0682 e. The molecule has 0 heterocycles. The van der Waals surface area contributed by atoms with E-state index in [1.807, 2.05) is 6.08 Å². The van der Waals surface area contributed by atoms with Crippen LogP contribution in [0.5, 0.6) is 0 Å². The topological polar surface area (TPSA) is 20.2 Å². The summed E-state index contributed by atoms with van der Waals surface area (Å²) in [6, 6.07) is 0. The average molecular weight is 113 g/mol. The van der Waals surface area contributed by atoms with Crippen LogP contribution in [-0.2, 0) is 0 Å². The molecule has 0 aromatic rings. The van der Waals surface area contributed by atoms with Gasteiger partial charge in [-0.3, -0.25) is 0 Å². The maximum atomic E-state index is 8.22. The second kappa shape index (κ2) is 6.70. The number of hydrogen-bond donors (Lipinski definition) is 1. The van der Waals surface area contributed by atoms with Crippen LogP contribution in [0.4, 0.5) is 0 Å². The molecule has 1 radical (unpaired) electrons. The van der Waals surface area contributed by atoms with E-state index in [-0.39, 0.29) is 6.61 Å². The van der Waals surface area contributed by atoms with Gasteiger partial charge in [-0.2, -0.15) is 0 Å². The zero-order valence-electron chi connectivity index (χ0n) is 5.35. The molecule has 0 unspecified atom stereocenters. The van der Waals surface area contributed by atoms with Gasteiger partial charge in [-0.15, -0.1) is 0 Å². The number of allylic oxidation sites excluding steroid dienone is 1. The molecule has 0 aliphatic rings. The highest BCUT2D eigenvalue weighted by atomic mass is 16.2. The molecule has 0 atom stereocenters. The molecular formula is C7H13O. The second-order valence-corrected chi connectivity index (χ2v) is 1.71. The molecule has 47 valence electrons. The highest BCUT2D eigenvalue weighted by Crippen LogP contribution is 1.93. The van der Waals surface area contributed by atoms with Crippen molar-refractivity contribution in [1.82, 2.24) is 0 Å². The first-order valence-electron chi connectivity index (χ1n) is 3.07. The van der Waals surface area contributed by atoms with Crippen LogP contribution >= 0.6 is 0 Å². The van der Waals surface area contributed by atoms with Crippen molar-refractivity contribution in [2.45, 2.75) is 26.2 Å². The summed E-state index contributed by atoms with van der Waals surface area (Å²) < 4.78 is 0. The first-order chi connectivity index (χ1) is 3.91. The van der Waals surface area contributed by atoms with E-state index in [1.165, 1.54) is 12.8 Å². The predicted molar refractivity (Wildman–Crippen MR) is 34.4 cm³/mol. The molecule has 0 fully saturated rings. The van der Waals surface area contributed by atoms with E-state index in [9.17, 15) is 0 Å². The van der Waals surface area contributed by atoms with E-state index in [2.05, 4.69) is 13.0 Å². The molecule has 0 amide bonds. The molecule has 1 heteroatoms. The Morgan fingerprint density at radius 1 is 1.62 bits per heavy atom. The Balaban J connectivity index is 2.80. The number of aliphatic hydroxyl groups is 1. The van der Waals surface area contributed by atoms with Gasteiger partial charge >= 0.3 is 0 Å². The molecule has 1 nitrogen and oxygen atoms in total. The van der Waals surface area contributed by atoms with Crippen LogP contribution in [0.3, 0.4) is 0 Å². The Bertz CT molecular complexity index is 57.4. The summed E-state index contributed by atoms with van der Waals surface area (Å²) in [6.45, 7) is 2.20. The van der Waals surface area contributed by atoms with Crippen LogP contribution in [0.1, 0.15) is 26.2 Å². The zero-order valence-corrected chi connectivity index (χ0v) is 5.35. The van der Waals surface area contributed by atoms with Gasteiger partial charge in [0.05, 0.1) is 6.61 Å². The van der Waals surface area contributed by atoms with Gasteiger partial charge in [-0.1, -0.05) is 25.8 Å². The predicted octanol–water partition coefficient (Wildman–Crippen LogP) is 1.53. The quantitative estimate of drug-likeness (QED) is 0.548. The Morgan fingerprint density at radius 2 is 2.38 bits per heavy atom. The molecule has 8 heavy (non-hydrogen) atoms. The molecule has 0 aliphatic carbocycles. The Hall–Kier alpha value is -0.300. The van der Waals surface area contributed by atoms with E-state index in [4.69, 9.17) is 5.11 Å². The second-order valence-electron chi connectivity index (χ2n) is 1.71. The van der Waals surface area contributed by atoms with E-state index in [0.717, 1.165) is 6.42 Å². The molecule has 0 aromatic heterocycles. The van der Waals surface area contributed by atoms with Gasteiger partial charge in [0.1, 0.15) is 0 Å². The third-order valence-electron chi connectivity index (χ3n) is 0.938. The molecule has 0 saturated carbocycles. The van der Waals surface area contributed by atoms with Crippen LogP contribution in [-0.4, -0.2) is 11.7 Å². The molecule has 1 N–H and O–H groups in total. The summed E-state index contributed by atoms with van der Waals surface area (Å²) in [5, 5.41) is 8.22. The highest BCUT2D eigenvalue weighted by molar-refractivity contribution is 4.71. The van der Waals surface area contributed by atoms with Gasteiger partial charge in [0, 0.05) is 0 Å². The monoisotopic (exact) mass is 113 g/mol. The van der Waals surface area contributed by atoms with Crippen molar-refractivity contribution in [1.29, 1.82) is 0 Å². The summed E-state index contributed by atoms with van der Waals surface area (Å²) >= 11 is 0. The van der Waals surface area contributed by atoms with Gasteiger partial charge in [-0.05, 0) is 12.5 Å². The van der Waals surface area contributed by atoms with Gasteiger partial charge in [0.25, 0.3) is 0 Å². The van der Waals surface area contributed by atoms with E-state index >= 15 is 0 Å². The van der Waals surface area contributed by atoms with Gasteiger partial charge in [0.2, 0.25) is 0 Å². The summed E-state index contributed by atoms with van der Waals surface area (Å²) in [6.07, 6.45) is 8.07. The molecular weight excluding hydrogens is 100 g/mol. The average Bonchev–Trinajstić information content (AvgIpc) is 1.81. The van der Waals surface area contributed by atoms with Crippen molar-refractivity contribution >= 4 is 0 Å². The number of unbranched alkanes of at least 4 members (excludes halogenated alkanes) is 2. The lowest BCUT2D eigenvalue weighted by Gasteiger charge is -1.84. The maximum absolute atomic E-state index is 8.22. The third kappa shape index (κ3) is 5.70. The minimum Gasteiger partial charge on any atom is -0.392 e. The van der Waals surface area contributed by atoms with Crippen LogP contribution in [0.15, 0.2) is 6.08 Å². The summed E-state index contributed by atoms with van der Waals surface area (Å²) in [5.41, 5.74) is 0. The van der Waals surface area contributed by atoms with Crippen molar-refractivity contribution in [2.75, 3.05) is 6.61 Å². The fourth-order valence-electron chi connectivity index (χ4n) is 0.473. The normalized spacial score (nSPS) is 10.8. The summed E-state index contributed by atoms with van der Waals surface area (Å²) in [7, 11) is 0. The summed E-state index contributed by atoms with van der Waals surface area (Å²) in [5.74, 6) is 0. The maximum Gasteiger partial charge on any atom is 0.0682 e. The first kappa shape index (κ1) is 7.70. The molecule has 0 saturated heterocycles. The van der Waals surface area contributed by atoms with Crippen LogP contribution < -0.4 is 0 Å². The Labute approximate surface area is 51.0 Å². The molecule has 0 aliphatic heterocycles. The Kier molecular flexibility index (Phi) is 6.45. The largest absolute Gasteiger partial charge is 0.392 e. The summed E-state index contributed by atoms with van der Waals surface area (Å²) in [4.78, 5) is 0. The van der Waals surface area contributed by atoms with Crippen LogP contribution in [0.25, 0.3) is 0 Å². The van der Waals surface area contributed by atoms with Crippen molar-refractivity contribution in [3.63, 3.8) is 0 Å². The number of rotatable bonds is 4. The van der Waals surface area contributed by atoms with Crippen molar-refractivity contribution in [3.05, 3.63) is 12.2 Å².